The fourth-order valence-corrected chi connectivity index (χ4v) is 1.95. The molecule has 0 N–H and O–H groups in total. The lowest BCUT2D eigenvalue weighted by Gasteiger charge is -2.08. The van der Waals surface area contributed by atoms with Gasteiger partial charge in [-0.25, -0.2) is 4.79 Å². The first-order valence-corrected chi connectivity index (χ1v) is 6.01. The van der Waals surface area contributed by atoms with Gasteiger partial charge < -0.3 is 9.47 Å². The molecule has 0 amide bonds. The Morgan fingerprint density at radius 2 is 1.80 bits per heavy atom. The van der Waals surface area contributed by atoms with Crippen LogP contribution in [0.4, 0.5) is 0 Å². The molecule has 2 rings (SSSR count). The largest absolute Gasteiger partial charge is 0.496 e. The maximum absolute atomic E-state index is 11.5. The van der Waals surface area contributed by atoms with Gasteiger partial charge in [0.25, 0.3) is 0 Å². The topological polar surface area (TPSA) is 52.6 Å². The highest BCUT2D eigenvalue weighted by molar-refractivity contribution is 5.91. The van der Waals surface area contributed by atoms with Crippen molar-refractivity contribution in [2.45, 2.75) is 0 Å². The van der Waals surface area contributed by atoms with Crippen LogP contribution in [0.3, 0.4) is 0 Å². The molecule has 0 atom stereocenters. The molecule has 0 radical (unpaired) electrons. The van der Waals surface area contributed by atoms with E-state index in [1.54, 1.807) is 30.3 Å². The van der Waals surface area contributed by atoms with E-state index in [2.05, 4.69) is 0 Å². The molecule has 2 aromatic rings. The molecule has 0 aliphatic rings. The number of hydrogen-bond acceptors (Lipinski definition) is 4. The van der Waals surface area contributed by atoms with Crippen LogP contribution in [0.2, 0.25) is 0 Å². The Kier molecular flexibility index (Phi) is 4.15. The highest BCUT2D eigenvalue weighted by Gasteiger charge is 2.09. The molecular weight excluding hydrogens is 256 g/mol. The smallest absolute Gasteiger partial charge is 0.337 e. The van der Waals surface area contributed by atoms with Crippen LogP contribution in [0.25, 0.3) is 11.1 Å². The van der Waals surface area contributed by atoms with Gasteiger partial charge in [-0.15, -0.1) is 0 Å². The molecule has 0 heterocycles. The van der Waals surface area contributed by atoms with Crippen molar-refractivity contribution in [2.24, 2.45) is 0 Å². The van der Waals surface area contributed by atoms with E-state index in [-0.39, 0.29) is 0 Å². The second kappa shape index (κ2) is 6.02. The van der Waals surface area contributed by atoms with Crippen molar-refractivity contribution in [3.05, 3.63) is 53.6 Å². The summed E-state index contributed by atoms with van der Waals surface area (Å²) in [5.41, 5.74) is 2.60. The molecular formula is C16H14O4. The molecule has 20 heavy (non-hydrogen) atoms. The summed E-state index contributed by atoms with van der Waals surface area (Å²) in [5, 5.41) is 0. The minimum atomic E-state index is -0.393. The summed E-state index contributed by atoms with van der Waals surface area (Å²) >= 11 is 0. The van der Waals surface area contributed by atoms with E-state index in [1.165, 1.54) is 14.2 Å². The lowest BCUT2D eigenvalue weighted by molar-refractivity contribution is 0.0600. The molecule has 0 spiro atoms. The number of benzene rings is 2. The third kappa shape index (κ3) is 2.69. The Morgan fingerprint density at radius 1 is 1.05 bits per heavy atom. The van der Waals surface area contributed by atoms with Gasteiger partial charge in [0.2, 0.25) is 0 Å². The number of methoxy groups -OCH3 is 2. The van der Waals surface area contributed by atoms with Crippen LogP contribution in [-0.2, 0) is 4.74 Å². The Morgan fingerprint density at radius 3 is 2.45 bits per heavy atom. The summed E-state index contributed by atoms with van der Waals surface area (Å²) in [6, 6.07) is 12.3. The van der Waals surface area contributed by atoms with Crippen LogP contribution < -0.4 is 4.74 Å². The van der Waals surface area contributed by atoms with Crippen molar-refractivity contribution in [3.63, 3.8) is 0 Å². The standard InChI is InChI=1S/C16H14O4/c1-19-15-7-6-12(9-14(15)10-17)11-4-3-5-13(8-11)16(18)20-2/h3-10H,1-2H3. The minimum absolute atomic E-state index is 0.393. The van der Waals surface area contributed by atoms with Crippen molar-refractivity contribution in [2.75, 3.05) is 14.2 Å². The van der Waals surface area contributed by atoms with Crippen LogP contribution in [0.5, 0.6) is 5.75 Å². The Hall–Kier alpha value is -2.62. The van der Waals surface area contributed by atoms with E-state index < -0.39 is 5.97 Å². The van der Waals surface area contributed by atoms with E-state index in [0.717, 1.165) is 17.4 Å². The van der Waals surface area contributed by atoms with Crippen molar-refractivity contribution in [3.8, 4) is 16.9 Å². The molecule has 4 nitrogen and oxygen atoms in total. The average Bonchev–Trinajstić information content (AvgIpc) is 2.53. The van der Waals surface area contributed by atoms with Gasteiger partial charge >= 0.3 is 5.97 Å². The Balaban J connectivity index is 2.46. The van der Waals surface area contributed by atoms with E-state index in [9.17, 15) is 9.59 Å². The number of esters is 1. The fraction of sp³-hybridized carbons (Fsp3) is 0.125. The molecule has 0 aliphatic heterocycles. The van der Waals surface area contributed by atoms with Gasteiger partial charge in [-0.05, 0) is 35.4 Å². The first-order valence-electron chi connectivity index (χ1n) is 6.01. The number of carbonyl (C=O) groups excluding carboxylic acids is 2. The number of aldehydes is 1. The van der Waals surface area contributed by atoms with Crippen molar-refractivity contribution in [1.29, 1.82) is 0 Å². The van der Waals surface area contributed by atoms with Gasteiger partial charge in [-0.2, -0.15) is 0 Å². The lowest BCUT2D eigenvalue weighted by atomic mass is 10.0. The second-order valence-corrected chi connectivity index (χ2v) is 4.15. The summed E-state index contributed by atoms with van der Waals surface area (Å²) in [7, 11) is 2.85. The normalized spacial score (nSPS) is 9.90. The quantitative estimate of drug-likeness (QED) is 0.633. The molecule has 4 heteroatoms. The molecule has 2 aromatic carbocycles. The lowest BCUT2D eigenvalue weighted by Crippen LogP contribution is -2.00. The number of hydrogen-bond donors (Lipinski definition) is 0. The summed E-state index contributed by atoms with van der Waals surface area (Å²) < 4.78 is 9.79. The number of rotatable bonds is 4. The average molecular weight is 270 g/mol. The van der Waals surface area contributed by atoms with E-state index in [1.807, 2.05) is 12.1 Å². The van der Waals surface area contributed by atoms with Crippen molar-refractivity contribution in [1.82, 2.24) is 0 Å². The van der Waals surface area contributed by atoms with Crippen LogP contribution >= 0.6 is 0 Å². The van der Waals surface area contributed by atoms with Gasteiger partial charge in [-0.3, -0.25) is 4.79 Å². The SMILES string of the molecule is COC(=O)c1cccc(-c2ccc(OC)c(C=O)c2)c1. The molecule has 0 saturated carbocycles. The summed E-state index contributed by atoms with van der Waals surface area (Å²) in [5.74, 6) is 0.129. The monoisotopic (exact) mass is 270 g/mol. The highest BCUT2D eigenvalue weighted by Crippen LogP contribution is 2.26. The first kappa shape index (κ1) is 13.8. The maximum Gasteiger partial charge on any atom is 0.337 e. The van der Waals surface area contributed by atoms with Crippen molar-refractivity contribution >= 4 is 12.3 Å². The third-order valence-electron chi connectivity index (χ3n) is 2.97. The fourth-order valence-electron chi connectivity index (χ4n) is 1.95. The van der Waals surface area contributed by atoms with Gasteiger partial charge in [0.15, 0.2) is 6.29 Å². The summed E-state index contributed by atoms with van der Waals surface area (Å²) in [6.07, 6.45) is 0.743. The van der Waals surface area contributed by atoms with Gasteiger partial charge in [0.1, 0.15) is 5.75 Å². The van der Waals surface area contributed by atoms with Crippen molar-refractivity contribution < 1.29 is 19.1 Å². The Labute approximate surface area is 116 Å². The van der Waals surface area contributed by atoms with E-state index in [4.69, 9.17) is 9.47 Å². The molecule has 0 saturated heterocycles. The third-order valence-corrected chi connectivity index (χ3v) is 2.97. The second-order valence-electron chi connectivity index (χ2n) is 4.15. The molecule has 102 valence electrons. The molecule has 0 aromatic heterocycles. The highest BCUT2D eigenvalue weighted by atomic mass is 16.5. The van der Waals surface area contributed by atoms with Gasteiger partial charge in [-0.1, -0.05) is 18.2 Å². The maximum atomic E-state index is 11.5. The van der Waals surface area contributed by atoms with Gasteiger partial charge in [0.05, 0.1) is 25.3 Å². The predicted molar refractivity (Wildman–Crippen MR) is 75.2 cm³/mol. The number of carbonyl (C=O) groups is 2. The zero-order valence-corrected chi connectivity index (χ0v) is 11.3. The van der Waals surface area contributed by atoms with E-state index >= 15 is 0 Å². The Bertz CT molecular complexity index is 647. The molecule has 0 unspecified atom stereocenters. The van der Waals surface area contributed by atoms with Crippen LogP contribution in [-0.4, -0.2) is 26.5 Å². The zero-order valence-electron chi connectivity index (χ0n) is 11.3. The summed E-state index contributed by atoms with van der Waals surface area (Å²) in [4.78, 5) is 22.6. The zero-order chi connectivity index (χ0) is 14.5. The minimum Gasteiger partial charge on any atom is -0.496 e. The summed E-state index contributed by atoms with van der Waals surface area (Å²) in [6.45, 7) is 0. The van der Waals surface area contributed by atoms with Gasteiger partial charge in [0, 0.05) is 0 Å². The first-order chi connectivity index (χ1) is 9.69. The van der Waals surface area contributed by atoms with Crippen LogP contribution in [0.15, 0.2) is 42.5 Å². The molecule has 0 fully saturated rings. The molecule has 0 aliphatic carbocycles. The van der Waals surface area contributed by atoms with Crippen LogP contribution in [0.1, 0.15) is 20.7 Å². The number of ether oxygens (including phenoxy) is 2. The van der Waals surface area contributed by atoms with E-state index in [0.29, 0.717) is 16.9 Å². The predicted octanol–water partition coefficient (Wildman–Crippen LogP) is 2.96. The van der Waals surface area contributed by atoms with Crippen LogP contribution in [0, 0.1) is 0 Å². The molecule has 0 bridgehead atoms.